The molecule has 5 nitrogen and oxygen atoms in total. The second-order valence-electron chi connectivity index (χ2n) is 7.08. The number of nitrogens with one attached hydrogen (secondary N) is 1. The largest absolute Gasteiger partial charge is 0.490 e. The van der Waals surface area contributed by atoms with Crippen molar-refractivity contribution in [1.29, 1.82) is 0 Å². The summed E-state index contributed by atoms with van der Waals surface area (Å²) in [4.78, 5) is 15.3. The molecule has 0 spiro atoms. The fourth-order valence-electron chi connectivity index (χ4n) is 4.01. The molecule has 26 heavy (non-hydrogen) atoms. The van der Waals surface area contributed by atoms with Crippen LogP contribution >= 0.6 is 27.3 Å². The van der Waals surface area contributed by atoms with Crippen molar-refractivity contribution >= 4 is 44.5 Å². The molecule has 0 radical (unpaired) electrons. The van der Waals surface area contributed by atoms with Gasteiger partial charge in [-0.25, -0.2) is 0 Å². The van der Waals surface area contributed by atoms with Crippen LogP contribution in [0.5, 0.6) is 5.75 Å². The molecule has 2 saturated heterocycles. The normalized spacial score (nSPS) is 25.2. The lowest BCUT2D eigenvalue weighted by Gasteiger charge is -2.36. The Hall–Kier alpha value is -1.57. The zero-order chi connectivity index (χ0) is 18.3. The number of benzene rings is 1. The second kappa shape index (κ2) is 7.21. The number of nitrogens with two attached hydrogens (primary N) is 1. The molecule has 4 rings (SSSR count). The molecule has 2 aliphatic rings. The maximum absolute atomic E-state index is 12.3. The van der Waals surface area contributed by atoms with Gasteiger partial charge in [0.2, 0.25) is 0 Å². The summed E-state index contributed by atoms with van der Waals surface area (Å²) >= 11 is 4.67. The Balaban J connectivity index is 1.36. The monoisotopic (exact) mass is 435 g/mol. The van der Waals surface area contributed by atoms with E-state index in [1.54, 1.807) is 6.07 Å². The third-order valence-electron chi connectivity index (χ3n) is 5.41. The van der Waals surface area contributed by atoms with Gasteiger partial charge >= 0.3 is 0 Å². The summed E-state index contributed by atoms with van der Waals surface area (Å²) in [5.74, 6) is 0.661. The molecule has 3 N–H and O–H groups in total. The summed E-state index contributed by atoms with van der Waals surface area (Å²) in [7, 11) is 2.23. The maximum Gasteiger partial charge on any atom is 0.267 e. The van der Waals surface area contributed by atoms with E-state index in [4.69, 9.17) is 10.5 Å². The first-order valence-electron chi connectivity index (χ1n) is 8.84. The van der Waals surface area contributed by atoms with Gasteiger partial charge in [-0.1, -0.05) is 0 Å². The van der Waals surface area contributed by atoms with Gasteiger partial charge in [0.1, 0.15) is 16.7 Å². The van der Waals surface area contributed by atoms with Gasteiger partial charge in [-0.15, -0.1) is 11.3 Å². The van der Waals surface area contributed by atoms with Crippen LogP contribution in [0.2, 0.25) is 0 Å². The van der Waals surface area contributed by atoms with Crippen molar-refractivity contribution < 1.29 is 9.53 Å². The van der Waals surface area contributed by atoms with Crippen LogP contribution in [0.4, 0.5) is 11.4 Å². The summed E-state index contributed by atoms with van der Waals surface area (Å²) in [5, 5.41) is 2.88. The SMILES string of the molecule is CN1C2CCC1CC(Oc1ccc(NC(=O)c3sc(Br)cc3N)cc1)C2. The highest BCUT2D eigenvalue weighted by atomic mass is 79.9. The molecule has 2 unspecified atom stereocenters. The fourth-order valence-corrected chi connectivity index (χ4v) is 5.44. The van der Waals surface area contributed by atoms with Gasteiger partial charge in [-0.2, -0.15) is 0 Å². The molecule has 2 atom stereocenters. The number of halogens is 1. The lowest BCUT2D eigenvalue weighted by molar-refractivity contribution is 0.0662. The molecule has 2 aromatic rings. The Labute approximate surface area is 165 Å². The third-order valence-corrected chi connectivity index (χ3v) is 7.06. The molecule has 7 heteroatoms. The summed E-state index contributed by atoms with van der Waals surface area (Å²) in [6.07, 6.45) is 5.05. The number of carbonyl (C=O) groups is 1. The molecule has 138 valence electrons. The quantitative estimate of drug-likeness (QED) is 0.748. The molecular formula is C19H22BrN3O2S. The zero-order valence-corrected chi connectivity index (χ0v) is 17.0. The highest BCUT2D eigenvalue weighted by Crippen LogP contribution is 2.36. The number of piperidine rings is 1. The fraction of sp³-hybridized carbons (Fsp3) is 0.421. The number of hydrogen-bond donors (Lipinski definition) is 2. The Kier molecular flexibility index (Phi) is 4.94. The summed E-state index contributed by atoms with van der Waals surface area (Å²) in [6, 6.07) is 10.6. The van der Waals surface area contributed by atoms with E-state index in [1.807, 2.05) is 24.3 Å². The number of carbonyl (C=O) groups excluding carboxylic acids is 1. The predicted octanol–water partition coefficient (Wildman–Crippen LogP) is 4.35. The van der Waals surface area contributed by atoms with E-state index in [2.05, 4.69) is 33.2 Å². The van der Waals surface area contributed by atoms with Gasteiger partial charge in [0.15, 0.2) is 0 Å². The van der Waals surface area contributed by atoms with Crippen LogP contribution < -0.4 is 15.8 Å². The molecule has 1 amide bonds. The number of fused-ring (bicyclic) bond motifs is 2. The predicted molar refractivity (Wildman–Crippen MR) is 109 cm³/mol. The molecule has 1 aromatic heterocycles. The number of amides is 1. The van der Waals surface area contributed by atoms with E-state index in [-0.39, 0.29) is 12.0 Å². The van der Waals surface area contributed by atoms with Gasteiger partial charge in [0, 0.05) is 17.8 Å². The summed E-state index contributed by atoms with van der Waals surface area (Å²) in [6.45, 7) is 0. The van der Waals surface area contributed by atoms with E-state index >= 15 is 0 Å². The number of thiophene rings is 1. The molecule has 0 saturated carbocycles. The van der Waals surface area contributed by atoms with Gasteiger partial charge < -0.3 is 20.7 Å². The number of anilines is 2. The van der Waals surface area contributed by atoms with Crippen LogP contribution in [0.1, 0.15) is 35.4 Å². The average Bonchev–Trinajstić information content (AvgIpc) is 3.03. The van der Waals surface area contributed by atoms with E-state index in [9.17, 15) is 4.79 Å². The smallest absolute Gasteiger partial charge is 0.267 e. The topological polar surface area (TPSA) is 67.6 Å². The van der Waals surface area contributed by atoms with Crippen molar-refractivity contribution in [2.24, 2.45) is 0 Å². The van der Waals surface area contributed by atoms with E-state index in [1.165, 1.54) is 24.2 Å². The van der Waals surface area contributed by atoms with Crippen LogP contribution in [0.25, 0.3) is 0 Å². The third kappa shape index (κ3) is 3.61. The number of nitrogens with zero attached hydrogens (tertiary/aromatic N) is 1. The van der Waals surface area contributed by atoms with Crippen molar-refractivity contribution in [2.75, 3.05) is 18.1 Å². The number of nitrogen functional groups attached to an aromatic ring is 1. The minimum atomic E-state index is -0.196. The minimum absolute atomic E-state index is 0.196. The summed E-state index contributed by atoms with van der Waals surface area (Å²) in [5.41, 5.74) is 7.07. The number of hydrogen-bond acceptors (Lipinski definition) is 5. The Bertz CT molecular complexity index is 794. The van der Waals surface area contributed by atoms with Crippen LogP contribution in [0.3, 0.4) is 0 Å². The zero-order valence-electron chi connectivity index (χ0n) is 14.6. The molecule has 0 aliphatic carbocycles. The highest BCUT2D eigenvalue weighted by molar-refractivity contribution is 9.11. The molecular weight excluding hydrogens is 414 g/mol. The van der Waals surface area contributed by atoms with Crippen LogP contribution in [-0.2, 0) is 0 Å². The molecule has 1 aromatic carbocycles. The van der Waals surface area contributed by atoms with Gasteiger partial charge in [-0.3, -0.25) is 4.79 Å². The van der Waals surface area contributed by atoms with Crippen molar-refractivity contribution in [3.8, 4) is 5.75 Å². The summed E-state index contributed by atoms with van der Waals surface area (Å²) < 4.78 is 7.03. The second-order valence-corrected chi connectivity index (χ2v) is 9.51. The van der Waals surface area contributed by atoms with Crippen LogP contribution in [0, 0.1) is 0 Å². The van der Waals surface area contributed by atoms with Crippen molar-refractivity contribution in [3.05, 3.63) is 39.0 Å². The Morgan fingerprint density at radius 3 is 2.50 bits per heavy atom. The van der Waals surface area contributed by atoms with Crippen molar-refractivity contribution in [1.82, 2.24) is 4.90 Å². The maximum atomic E-state index is 12.3. The number of rotatable bonds is 4. The van der Waals surface area contributed by atoms with Gasteiger partial charge in [0.25, 0.3) is 5.91 Å². The average molecular weight is 436 g/mol. The van der Waals surface area contributed by atoms with Crippen LogP contribution in [0.15, 0.2) is 34.1 Å². The standard InChI is InChI=1S/C19H22BrN3O2S/c1-23-12-4-5-13(23)9-15(8-12)25-14-6-2-11(3-7-14)22-19(24)18-16(21)10-17(20)26-18/h2-3,6-7,10,12-13,15H,4-5,8-9,21H2,1H3,(H,22,24). The molecule has 2 aliphatic heterocycles. The first kappa shape index (κ1) is 17.8. The first-order valence-corrected chi connectivity index (χ1v) is 10.5. The van der Waals surface area contributed by atoms with Crippen molar-refractivity contribution in [3.63, 3.8) is 0 Å². The number of ether oxygens (including phenoxy) is 1. The lowest BCUT2D eigenvalue weighted by atomic mass is 10.0. The van der Waals surface area contributed by atoms with Gasteiger partial charge in [0.05, 0.1) is 9.47 Å². The molecule has 2 bridgehead atoms. The Morgan fingerprint density at radius 1 is 1.27 bits per heavy atom. The minimum Gasteiger partial charge on any atom is -0.490 e. The van der Waals surface area contributed by atoms with E-state index < -0.39 is 0 Å². The lowest BCUT2D eigenvalue weighted by Crippen LogP contribution is -2.43. The van der Waals surface area contributed by atoms with Crippen molar-refractivity contribution in [2.45, 2.75) is 43.9 Å². The molecule has 2 fully saturated rings. The Morgan fingerprint density at radius 2 is 1.92 bits per heavy atom. The van der Waals surface area contributed by atoms with E-state index in [0.29, 0.717) is 22.6 Å². The van der Waals surface area contributed by atoms with Crippen LogP contribution in [-0.4, -0.2) is 36.0 Å². The highest BCUT2D eigenvalue weighted by Gasteiger charge is 2.39. The van der Waals surface area contributed by atoms with E-state index in [0.717, 1.165) is 28.1 Å². The molecule has 3 heterocycles. The first-order chi connectivity index (χ1) is 12.5. The van der Waals surface area contributed by atoms with Gasteiger partial charge in [-0.05, 0) is 79.0 Å².